The van der Waals surface area contributed by atoms with E-state index in [4.69, 9.17) is 0 Å². The van der Waals surface area contributed by atoms with Crippen LogP contribution >= 0.6 is 15.9 Å². The zero-order chi connectivity index (χ0) is 13.6. The van der Waals surface area contributed by atoms with Gasteiger partial charge in [0, 0.05) is 10.5 Å². The third kappa shape index (κ3) is 6.37. The molecule has 1 N–H and O–H groups in total. The second-order valence-corrected chi connectivity index (χ2v) is 4.87. The van der Waals surface area contributed by atoms with Crippen molar-refractivity contribution in [1.29, 1.82) is 0 Å². The van der Waals surface area contributed by atoms with Crippen molar-refractivity contribution in [3.8, 4) is 0 Å². The van der Waals surface area contributed by atoms with Gasteiger partial charge in [-0.2, -0.15) is 13.2 Å². The van der Waals surface area contributed by atoms with E-state index in [0.717, 1.165) is 10.0 Å². The Morgan fingerprint density at radius 1 is 1.39 bits per heavy atom. The number of hydrogen-bond acceptors (Lipinski definition) is 2. The van der Waals surface area contributed by atoms with Crippen LogP contribution in [-0.2, 0) is 11.2 Å². The summed E-state index contributed by atoms with van der Waals surface area (Å²) < 4.78 is 41.4. The molecular formula is C12H15BrF3NO. The van der Waals surface area contributed by atoms with Crippen LogP contribution in [0.4, 0.5) is 13.2 Å². The molecule has 1 rings (SSSR count). The summed E-state index contributed by atoms with van der Waals surface area (Å²) in [6.45, 7) is -1.17. The van der Waals surface area contributed by atoms with Crippen molar-refractivity contribution in [3.05, 3.63) is 34.3 Å². The van der Waals surface area contributed by atoms with Crippen molar-refractivity contribution in [3.63, 3.8) is 0 Å². The van der Waals surface area contributed by atoms with Crippen molar-refractivity contribution >= 4 is 15.9 Å². The molecule has 0 amide bonds. The van der Waals surface area contributed by atoms with Crippen molar-refractivity contribution in [2.24, 2.45) is 0 Å². The van der Waals surface area contributed by atoms with Gasteiger partial charge in [-0.15, -0.1) is 0 Å². The lowest BCUT2D eigenvalue weighted by Gasteiger charge is -2.17. The highest BCUT2D eigenvalue weighted by Crippen LogP contribution is 2.16. The average molecular weight is 326 g/mol. The summed E-state index contributed by atoms with van der Waals surface area (Å²) in [5, 5.41) is 2.95. The predicted molar refractivity (Wildman–Crippen MR) is 67.6 cm³/mol. The van der Waals surface area contributed by atoms with Gasteiger partial charge in [-0.1, -0.05) is 28.1 Å². The van der Waals surface area contributed by atoms with E-state index >= 15 is 0 Å². The maximum Gasteiger partial charge on any atom is 0.411 e. The minimum atomic E-state index is -4.27. The van der Waals surface area contributed by atoms with Crippen LogP contribution in [0.2, 0.25) is 0 Å². The molecule has 1 aromatic rings. The van der Waals surface area contributed by atoms with E-state index in [1.54, 1.807) is 7.05 Å². The Morgan fingerprint density at radius 2 is 2.11 bits per heavy atom. The highest BCUT2D eigenvalue weighted by molar-refractivity contribution is 9.10. The summed E-state index contributed by atoms with van der Waals surface area (Å²) in [5.41, 5.74) is 1.04. The first-order chi connectivity index (χ1) is 8.40. The third-order valence-corrected chi connectivity index (χ3v) is 2.86. The molecule has 102 valence electrons. The number of benzene rings is 1. The van der Waals surface area contributed by atoms with Crippen LogP contribution in [-0.4, -0.2) is 32.5 Å². The molecule has 0 radical (unpaired) electrons. The molecule has 2 nitrogen and oxygen atoms in total. The Labute approximate surface area is 113 Å². The molecule has 18 heavy (non-hydrogen) atoms. The molecule has 1 unspecified atom stereocenters. The minimum Gasteiger partial charge on any atom is -0.370 e. The van der Waals surface area contributed by atoms with Crippen molar-refractivity contribution in [2.45, 2.75) is 18.6 Å². The molecule has 0 aliphatic carbocycles. The van der Waals surface area contributed by atoms with Crippen LogP contribution in [0.25, 0.3) is 0 Å². The Hall–Kier alpha value is -0.590. The summed E-state index contributed by atoms with van der Waals surface area (Å²) in [6.07, 6.45) is -3.65. The van der Waals surface area contributed by atoms with E-state index < -0.39 is 12.8 Å². The summed E-state index contributed by atoms with van der Waals surface area (Å²) in [5.74, 6) is 0. The number of halogens is 4. The first-order valence-corrected chi connectivity index (χ1v) is 6.26. The zero-order valence-corrected chi connectivity index (χ0v) is 11.5. The first-order valence-electron chi connectivity index (χ1n) is 5.47. The highest BCUT2D eigenvalue weighted by atomic mass is 79.9. The quantitative estimate of drug-likeness (QED) is 0.867. The van der Waals surface area contributed by atoms with Crippen LogP contribution < -0.4 is 5.32 Å². The topological polar surface area (TPSA) is 21.3 Å². The highest BCUT2D eigenvalue weighted by Gasteiger charge is 2.27. The fraction of sp³-hybridized carbons (Fsp3) is 0.500. The molecule has 0 saturated carbocycles. The summed E-state index contributed by atoms with van der Waals surface area (Å²) in [7, 11) is 1.71. The van der Waals surface area contributed by atoms with Crippen LogP contribution in [0.1, 0.15) is 5.56 Å². The van der Waals surface area contributed by atoms with Gasteiger partial charge in [-0.05, 0) is 31.2 Å². The number of ether oxygens (including phenoxy) is 1. The Balaban J connectivity index is 2.42. The number of alkyl halides is 3. The zero-order valence-electron chi connectivity index (χ0n) is 9.93. The molecule has 6 heteroatoms. The van der Waals surface area contributed by atoms with E-state index in [1.165, 1.54) is 0 Å². The largest absolute Gasteiger partial charge is 0.411 e. The molecule has 1 atom stereocenters. The number of rotatable bonds is 6. The average Bonchev–Trinajstić information content (AvgIpc) is 2.26. The molecule has 0 saturated heterocycles. The van der Waals surface area contributed by atoms with Gasteiger partial charge in [-0.25, -0.2) is 0 Å². The molecule has 1 aromatic carbocycles. The minimum absolute atomic E-state index is 0.0303. The summed E-state index contributed by atoms with van der Waals surface area (Å²) >= 11 is 3.35. The monoisotopic (exact) mass is 325 g/mol. The van der Waals surface area contributed by atoms with Crippen molar-refractivity contribution < 1.29 is 17.9 Å². The van der Waals surface area contributed by atoms with E-state index in [1.807, 2.05) is 24.3 Å². The maximum atomic E-state index is 11.9. The smallest absolute Gasteiger partial charge is 0.370 e. The van der Waals surface area contributed by atoms with Crippen LogP contribution in [0.15, 0.2) is 28.7 Å². The van der Waals surface area contributed by atoms with Crippen LogP contribution in [0.3, 0.4) is 0 Å². The molecule has 0 bridgehead atoms. The normalized spacial score (nSPS) is 13.6. The second kappa shape index (κ2) is 7.11. The number of likely N-dealkylation sites (N-methyl/N-ethyl adjacent to an activating group) is 1. The molecular weight excluding hydrogens is 311 g/mol. The van der Waals surface area contributed by atoms with Crippen LogP contribution in [0.5, 0.6) is 0 Å². The van der Waals surface area contributed by atoms with Gasteiger partial charge in [0.25, 0.3) is 0 Å². The lowest BCUT2D eigenvalue weighted by Crippen LogP contribution is -2.34. The van der Waals surface area contributed by atoms with Crippen molar-refractivity contribution in [2.75, 3.05) is 20.3 Å². The fourth-order valence-electron chi connectivity index (χ4n) is 1.51. The van der Waals surface area contributed by atoms with Crippen LogP contribution in [0, 0.1) is 0 Å². The van der Waals surface area contributed by atoms with Gasteiger partial charge in [0.2, 0.25) is 0 Å². The molecule has 0 heterocycles. The van der Waals surface area contributed by atoms with E-state index in [9.17, 15) is 13.2 Å². The van der Waals surface area contributed by atoms with Gasteiger partial charge in [0.05, 0.1) is 6.61 Å². The summed E-state index contributed by atoms with van der Waals surface area (Å²) in [4.78, 5) is 0. The lowest BCUT2D eigenvalue weighted by molar-refractivity contribution is -0.175. The van der Waals surface area contributed by atoms with Gasteiger partial charge < -0.3 is 10.1 Å². The summed E-state index contributed by atoms with van der Waals surface area (Å²) in [6, 6.07) is 7.52. The molecule has 0 fully saturated rings. The second-order valence-electron chi connectivity index (χ2n) is 3.95. The van der Waals surface area contributed by atoms with Gasteiger partial charge in [-0.3, -0.25) is 0 Å². The Bertz CT molecular complexity index is 371. The number of hydrogen-bond donors (Lipinski definition) is 1. The Morgan fingerprint density at radius 3 is 2.67 bits per heavy atom. The predicted octanol–water partition coefficient (Wildman–Crippen LogP) is 3.16. The fourth-order valence-corrected chi connectivity index (χ4v) is 1.96. The molecule has 0 aromatic heterocycles. The third-order valence-electron chi connectivity index (χ3n) is 2.36. The molecule has 0 spiro atoms. The number of nitrogens with one attached hydrogen (secondary N) is 1. The van der Waals surface area contributed by atoms with E-state index in [-0.39, 0.29) is 12.6 Å². The standard InChI is InChI=1S/C12H15BrF3NO/c1-17-11(7-18-8-12(14,15)16)6-9-3-2-4-10(13)5-9/h2-5,11,17H,6-8H2,1H3. The van der Waals surface area contributed by atoms with E-state index in [0.29, 0.717) is 6.42 Å². The molecule has 0 aliphatic heterocycles. The first kappa shape index (κ1) is 15.5. The van der Waals surface area contributed by atoms with Gasteiger partial charge in [0.1, 0.15) is 6.61 Å². The molecule has 0 aliphatic rings. The van der Waals surface area contributed by atoms with Gasteiger partial charge in [0.15, 0.2) is 0 Å². The maximum absolute atomic E-state index is 11.9. The Kier molecular flexibility index (Phi) is 6.11. The van der Waals surface area contributed by atoms with Crippen molar-refractivity contribution in [1.82, 2.24) is 5.32 Å². The SMILES string of the molecule is CNC(COCC(F)(F)F)Cc1cccc(Br)c1. The van der Waals surface area contributed by atoms with E-state index in [2.05, 4.69) is 26.0 Å². The lowest BCUT2D eigenvalue weighted by atomic mass is 10.1. The van der Waals surface area contributed by atoms with Gasteiger partial charge >= 0.3 is 6.18 Å².